The van der Waals surface area contributed by atoms with Crippen molar-refractivity contribution >= 4 is 17.5 Å². The number of ketones is 2. The summed E-state index contributed by atoms with van der Waals surface area (Å²) < 4.78 is 0. The molecule has 3 rings (SSSR count). The molecule has 5 nitrogen and oxygen atoms in total. The van der Waals surface area contributed by atoms with Crippen LogP contribution in [0.25, 0.3) is 0 Å². The first-order valence-corrected chi connectivity index (χ1v) is 8.25. The molecule has 0 aromatic rings. The fourth-order valence-corrected chi connectivity index (χ4v) is 4.95. The smallest absolute Gasteiger partial charge is 0.370 e. The maximum atomic E-state index is 12.3. The quantitative estimate of drug-likeness (QED) is 0.603. The van der Waals surface area contributed by atoms with E-state index in [0.717, 1.165) is 31.8 Å². The average Bonchev–Trinajstić information content (AvgIpc) is 2.81. The number of aliphatic hydroxyl groups excluding tert-OH is 1. The Morgan fingerprint density at radius 1 is 1.17 bits per heavy atom. The molecule has 0 aromatic carbocycles. The summed E-state index contributed by atoms with van der Waals surface area (Å²) in [7, 11) is 0. The predicted molar refractivity (Wildman–Crippen MR) is 82.7 cm³/mol. The second kappa shape index (κ2) is 5.62. The molecule has 0 heterocycles. The minimum absolute atomic E-state index is 0.0358. The molecule has 4 atom stereocenters. The van der Waals surface area contributed by atoms with Gasteiger partial charge in [-0.05, 0) is 55.1 Å². The van der Waals surface area contributed by atoms with E-state index < -0.39 is 11.7 Å². The topological polar surface area (TPSA) is 91.7 Å². The Kier molecular flexibility index (Phi) is 3.90. The Hall–Kier alpha value is -1.91. The zero-order chi connectivity index (χ0) is 16.8. The Morgan fingerprint density at radius 2 is 1.91 bits per heavy atom. The highest BCUT2D eigenvalue weighted by Crippen LogP contribution is 2.58. The van der Waals surface area contributed by atoms with E-state index >= 15 is 0 Å². The molecule has 3 saturated carbocycles. The van der Waals surface area contributed by atoms with E-state index in [0.29, 0.717) is 36.0 Å². The average molecular weight is 318 g/mol. The highest BCUT2D eigenvalue weighted by Gasteiger charge is 2.55. The normalized spacial score (nSPS) is 39.3. The van der Waals surface area contributed by atoms with Crippen molar-refractivity contribution in [2.24, 2.45) is 23.2 Å². The molecule has 0 aliphatic heterocycles. The van der Waals surface area contributed by atoms with E-state index in [1.54, 1.807) is 0 Å². The van der Waals surface area contributed by atoms with Gasteiger partial charge in [-0.25, -0.2) is 4.79 Å². The van der Waals surface area contributed by atoms with E-state index in [4.69, 9.17) is 5.11 Å². The first-order chi connectivity index (χ1) is 10.8. The molecule has 0 unspecified atom stereocenters. The molecule has 3 aliphatic rings. The second-order valence-corrected chi connectivity index (χ2v) is 7.24. The monoisotopic (exact) mass is 318 g/mol. The predicted octanol–water partition coefficient (Wildman–Crippen LogP) is 2.81. The number of carbonyl (C=O) groups is 3. The number of aliphatic hydroxyl groups is 1. The second-order valence-electron chi connectivity index (χ2n) is 7.24. The van der Waals surface area contributed by atoms with Gasteiger partial charge in [0.05, 0.1) is 0 Å². The van der Waals surface area contributed by atoms with Crippen LogP contribution < -0.4 is 0 Å². The van der Waals surface area contributed by atoms with Crippen LogP contribution in [0.1, 0.15) is 45.4 Å². The minimum atomic E-state index is -1.40. The molecular formula is C18H22O5. The van der Waals surface area contributed by atoms with Gasteiger partial charge in [-0.15, -0.1) is 0 Å². The van der Waals surface area contributed by atoms with Crippen LogP contribution in [0.4, 0.5) is 0 Å². The van der Waals surface area contributed by atoms with Crippen molar-refractivity contribution in [3.05, 3.63) is 23.5 Å². The zero-order valence-electron chi connectivity index (χ0n) is 13.2. The minimum Gasteiger partial charge on any atom is -0.502 e. The number of hydrogen-bond acceptors (Lipinski definition) is 4. The SMILES string of the molecule is C[C@]12CC[C@@H]3C(=C/C=C(\O)C(=O)O)C(=O)CC[C@H]3[C@@H]1CCC2=O. The number of Topliss-reactive ketones (excluding diaryl/α,β-unsaturated/α-hetero) is 2. The number of hydrogen-bond donors (Lipinski definition) is 2. The summed E-state index contributed by atoms with van der Waals surface area (Å²) in [6.07, 6.45) is 6.93. The summed E-state index contributed by atoms with van der Waals surface area (Å²) >= 11 is 0. The third kappa shape index (κ3) is 2.52. The van der Waals surface area contributed by atoms with Gasteiger partial charge in [-0.3, -0.25) is 9.59 Å². The van der Waals surface area contributed by atoms with Crippen LogP contribution in [0.5, 0.6) is 0 Å². The highest BCUT2D eigenvalue weighted by molar-refractivity contribution is 5.97. The van der Waals surface area contributed by atoms with Gasteiger partial charge >= 0.3 is 5.97 Å². The van der Waals surface area contributed by atoms with Crippen molar-refractivity contribution in [3.8, 4) is 0 Å². The van der Waals surface area contributed by atoms with Crippen LogP contribution >= 0.6 is 0 Å². The molecular weight excluding hydrogens is 296 g/mol. The number of fused-ring (bicyclic) bond motifs is 3. The van der Waals surface area contributed by atoms with Gasteiger partial charge in [0.25, 0.3) is 0 Å². The molecule has 3 aliphatic carbocycles. The van der Waals surface area contributed by atoms with Gasteiger partial charge in [0.2, 0.25) is 5.76 Å². The largest absolute Gasteiger partial charge is 0.502 e. The third-order valence-corrected chi connectivity index (χ3v) is 6.21. The Labute approximate surface area is 135 Å². The number of carboxylic acid groups (broad SMARTS) is 1. The fraction of sp³-hybridized carbons (Fsp3) is 0.611. The molecule has 3 fully saturated rings. The lowest BCUT2D eigenvalue weighted by Crippen LogP contribution is -2.45. The number of carbonyl (C=O) groups excluding carboxylic acids is 2. The van der Waals surface area contributed by atoms with Crippen LogP contribution in [-0.4, -0.2) is 27.7 Å². The van der Waals surface area contributed by atoms with Gasteiger partial charge in [0, 0.05) is 18.3 Å². The first-order valence-electron chi connectivity index (χ1n) is 8.25. The fourth-order valence-electron chi connectivity index (χ4n) is 4.95. The lowest BCUT2D eigenvalue weighted by molar-refractivity contribution is -0.135. The number of rotatable bonds is 2. The van der Waals surface area contributed by atoms with E-state index in [9.17, 15) is 19.5 Å². The lowest BCUT2D eigenvalue weighted by Gasteiger charge is -2.48. The maximum Gasteiger partial charge on any atom is 0.370 e. The summed E-state index contributed by atoms with van der Waals surface area (Å²) in [5, 5.41) is 18.1. The number of allylic oxidation sites excluding steroid dienone is 3. The summed E-state index contributed by atoms with van der Waals surface area (Å²) in [6.45, 7) is 2.07. The molecule has 0 spiro atoms. The van der Waals surface area contributed by atoms with E-state index in [2.05, 4.69) is 6.92 Å². The van der Waals surface area contributed by atoms with Gasteiger partial charge < -0.3 is 10.2 Å². The maximum absolute atomic E-state index is 12.3. The summed E-state index contributed by atoms with van der Waals surface area (Å²) in [6, 6.07) is 0. The molecule has 5 heteroatoms. The molecule has 0 aromatic heterocycles. The summed E-state index contributed by atoms with van der Waals surface area (Å²) in [5.74, 6) is -1.06. The molecule has 0 radical (unpaired) electrons. The van der Waals surface area contributed by atoms with E-state index in [-0.39, 0.29) is 17.1 Å². The van der Waals surface area contributed by atoms with Crippen molar-refractivity contribution in [2.75, 3.05) is 0 Å². The van der Waals surface area contributed by atoms with Crippen LogP contribution in [0, 0.1) is 23.2 Å². The summed E-state index contributed by atoms with van der Waals surface area (Å²) in [5.41, 5.74) is 0.376. The van der Waals surface area contributed by atoms with Crippen molar-refractivity contribution < 1.29 is 24.6 Å². The van der Waals surface area contributed by atoms with Crippen LogP contribution in [0.2, 0.25) is 0 Å². The molecule has 0 saturated heterocycles. The van der Waals surface area contributed by atoms with Crippen LogP contribution in [-0.2, 0) is 14.4 Å². The zero-order valence-corrected chi connectivity index (χ0v) is 13.2. The lowest BCUT2D eigenvalue weighted by atomic mass is 9.55. The van der Waals surface area contributed by atoms with Gasteiger partial charge in [0.1, 0.15) is 5.78 Å². The third-order valence-electron chi connectivity index (χ3n) is 6.21. The molecule has 0 bridgehead atoms. The van der Waals surface area contributed by atoms with Crippen molar-refractivity contribution in [1.82, 2.24) is 0 Å². The van der Waals surface area contributed by atoms with Crippen LogP contribution in [0.3, 0.4) is 0 Å². The van der Waals surface area contributed by atoms with Crippen molar-refractivity contribution in [3.63, 3.8) is 0 Å². The highest BCUT2D eigenvalue weighted by atomic mass is 16.4. The summed E-state index contributed by atoms with van der Waals surface area (Å²) in [4.78, 5) is 35.2. The Balaban J connectivity index is 1.91. The van der Waals surface area contributed by atoms with Crippen molar-refractivity contribution in [2.45, 2.75) is 45.4 Å². The molecule has 124 valence electrons. The van der Waals surface area contributed by atoms with E-state index in [1.807, 2.05) is 0 Å². The Morgan fingerprint density at radius 3 is 2.61 bits per heavy atom. The van der Waals surface area contributed by atoms with E-state index in [1.165, 1.54) is 6.08 Å². The number of aliphatic carboxylic acids is 1. The molecule has 0 amide bonds. The van der Waals surface area contributed by atoms with Gasteiger partial charge in [0.15, 0.2) is 5.78 Å². The molecule has 2 N–H and O–H groups in total. The van der Waals surface area contributed by atoms with Crippen molar-refractivity contribution in [1.29, 1.82) is 0 Å². The molecule has 23 heavy (non-hydrogen) atoms. The van der Waals surface area contributed by atoms with Gasteiger partial charge in [-0.2, -0.15) is 0 Å². The van der Waals surface area contributed by atoms with Gasteiger partial charge in [-0.1, -0.05) is 13.0 Å². The standard InChI is InChI=1S/C18H22O5/c1-18-9-8-10-11(13(18)4-7-16(18)21)2-5-14(19)12(10)3-6-15(20)17(22)23/h3,6,10-11,13,20H,2,4-5,7-9H2,1H3,(H,22,23)/b12-3?,15-6-/t10-,11+,13-,18-/m0/s1. The number of carboxylic acids is 1. The first kappa shape index (κ1) is 16.0. The Bertz CT molecular complexity index is 629. The van der Waals surface area contributed by atoms with Crippen LogP contribution in [0.15, 0.2) is 23.5 Å².